The van der Waals surface area contributed by atoms with Crippen molar-refractivity contribution in [2.75, 3.05) is 6.61 Å². The average Bonchev–Trinajstić information content (AvgIpc) is 2.60. The topological polar surface area (TPSA) is 97.2 Å². The molecular weight excluding hydrogens is 346 g/mol. The van der Waals surface area contributed by atoms with Crippen molar-refractivity contribution >= 4 is 11.6 Å². The molecule has 2 rings (SSSR count). The first kappa shape index (κ1) is 18.9. The summed E-state index contributed by atoms with van der Waals surface area (Å²) < 4.78 is 7.51. The third-order valence-electron chi connectivity index (χ3n) is 3.58. The summed E-state index contributed by atoms with van der Waals surface area (Å²) >= 11 is 5.80. The van der Waals surface area contributed by atoms with E-state index in [4.69, 9.17) is 21.6 Å². The van der Waals surface area contributed by atoms with Crippen molar-refractivity contribution in [1.29, 1.82) is 5.26 Å². The van der Waals surface area contributed by atoms with Crippen LogP contribution in [0, 0.1) is 11.3 Å². The maximum Gasteiger partial charge on any atom is 0.331 e. The van der Waals surface area contributed by atoms with Crippen molar-refractivity contribution in [2.45, 2.75) is 32.7 Å². The van der Waals surface area contributed by atoms with E-state index in [9.17, 15) is 14.7 Å². The predicted molar refractivity (Wildman–Crippen MR) is 92.5 cm³/mol. The van der Waals surface area contributed by atoms with Crippen molar-refractivity contribution in [3.8, 4) is 6.07 Å². The summed E-state index contributed by atoms with van der Waals surface area (Å²) in [7, 11) is 0. The molecule has 0 fully saturated rings. The number of halogens is 1. The van der Waals surface area contributed by atoms with Crippen LogP contribution in [0.5, 0.6) is 0 Å². The molecule has 0 saturated heterocycles. The van der Waals surface area contributed by atoms with Gasteiger partial charge in [-0.15, -0.1) is 0 Å². The minimum absolute atomic E-state index is 0.0581. The molecule has 132 valence electrons. The third kappa shape index (κ3) is 4.79. The number of rotatable bonds is 7. The van der Waals surface area contributed by atoms with Gasteiger partial charge in [0, 0.05) is 17.8 Å². The van der Waals surface area contributed by atoms with E-state index in [1.54, 1.807) is 37.3 Å². The van der Waals surface area contributed by atoms with E-state index >= 15 is 0 Å². The number of aliphatic hydroxyl groups is 1. The van der Waals surface area contributed by atoms with Gasteiger partial charge in [0.15, 0.2) is 0 Å². The van der Waals surface area contributed by atoms with Crippen LogP contribution in [0.4, 0.5) is 0 Å². The molecular formula is C17H18ClN3O4. The molecule has 1 aromatic carbocycles. The van der Waals surface area contributed by atoms with Gasteiger partial charge in [-0.2, -0.15) is 5.26 Å². The monoisotopic (exact) mass is 363 g/mol. The summed E-state index contributed by atoms with van der Waals surface area (Å²) in [5.74, 6) is 0. The van der Waals surface area contributed by atoms with Crippen LogP contribution in [0.3, 0.4) is 0 Å². The first-order valence-corrected chi connectivity index (χ1v) is 8.08. The summed E-state index contributed by atoms with van der Waals surface area (Å²) in [6.07, 6.45) is 0.168. The highest BCUT2D eigenvalue weighted by Gasteiger charge is 2.14. The Kier molecular flexibility index (Phi) is 6.53. The van der Waals surface area contributed by atoms with Crippen molar-refractivity contribution in [1.82, 2.24) is 9.13 Å². The first-order valence-electron chi connectivity index (χ1n) is 7.71. The van der Waals surface area contributed by atoms with Gasteiger partial charge < -0.3 is 9.84 Å². The summed E-state index contributed by atoms with van der Waals surface area (Å²) in [5, 5.41) is 19.7. The number of nitrogens with zero attached hydrogens (tertiary/aromatic N) is 3. The highest BCUT2D eigenvalue weighted by Crippen LogP contribution is 2.10. The van der Waals surface area contributed by atoms with Crippen LogP contribution < -0.4 is 11.2 Å². The van der Waals surface area contributed by atoms with Crippen LogP contribution in [0.15, 0.2) is 40.1 Å². The quantitative estimate of drug-likeness (QED) is 0.795. The van der Waals surface area contributed by atoms with Gasteiger partial charge in [-0.3, -0.25) is 13.9 Å². The fourth-order valence-corrected chi connectivity index (χ4v) is 2.40. The van der Waals surface area contributed by atoms with Crippen molar-refractivity contribution < 1.29 is 9.84 Å². The zero-order valence-electron chi connectivity index (χ0n) is 13.7. The van der Waals surface area contributed by atoms with Crippen LogP contribution in [-0.4, -0.2) is 27.0 Å². The van der Waals surface area contributed by atoms with Crippen LogP contribution >= 0.6 is 11.6 Å². The maximum absolute atomic E-state index is 12.2. The molecule has 0 bridgehead atoms. The first-order chi connectivity index (χ1) is 12.0. The van der Waals surface area contributed by atoms with E-state index in [1.165, 1.54) is 10.8 Å². The predicted octanol–water partition coefficient (Wildman–Crippen LogP) is 1.13. The Morgan fingerprint density at radius 3 is 2.60 bits per heavy atom. The molecule has 25 heavy (non-hydrogen) atoms. The number of ether oxygens (including phenoxy) is 1. The Morgan fingerprint density at radius 2 is 2.00 bits per heavy atom. The SMILES string of the molecule is CCn1cc(C#N)c(=O)n(C[C@H](O)COCc2ccc(Cl)cc2)c1=O. The molecule has 0 unspecified atom stereocenters. The van der Waals surface area contributed by atoms with Crippen LogP contribution in [0.1, 0.15) is 18.1 Å². The molecule has 2 aromatic rings. The second-order valence-electron chi connectivity index (χ2n) is 5.43. The molecule has 1 heterocycles. The third-order valence-corrected chi connectivity index (χ3v) is 3.84. The van der Waals surface area contributed by atoms with Crippen LogP contribution in [0.2, 0.25) is 5.02 Å². The van der Waals surface area contributed by atoms with E-state index in [0.29, 0.717) is 11.6 Å². The highest BCUT2D eigenvalue weighted by atomic mass is 35.5. The van der Waals surface area contributed by atoms with E-state index < -0.39 is 17.4 Å². The summed E-state index contributed by atoms with van der Waals surface area (Å²) in [6, 6.07) is 8.83. The minimum Gasteiger partial charge on any atom is -0.389 e. The van der Waals surface area contributed by atoms with Gasteiger partial charge in [-0.1, -0.05) is 23.7 Å². The number of benzene rings is 1. The average molecular weight is 364 g/mol. The summed E-state index contributed by atoms with van der Waals surface area (Å²) in [6.45, 7) is 2.01. The number of aryl methyl sites for hydroxylation is 1. The Morgan fingerprint density at radius 1 is 1.32 bits per heavy atom. The molecule has 7 nitrogen and oxygen atoms in total. The Hall–Kier alpha value is -2.40. The molecule has 0 aliphatic carbocycles. The molecule has 1 N–H and O–H groups in total. The van der Waals surface area contributed by atoms with Gasteiger partial charge in [0.05, 0.1) is 25.9 Å². The van der Waals surface area contributed by atoms with E-state index in [0.717, 1.165) is 10.1 Å². The fraction of sp³-hybridized carbons (Fsp3) is 0.353. The van der Waals surface area contributed by atoms with Crippen LogP contribution in [0.25, 0.3) is 0 Å². The van der Waals surface area contributed by atoms with Gasteiger partial charge in [0.2, 0.25) is 0 Å². The Bertz CT molecular complexity index is 881. The number of aliphatic hydroxyl groups excluding tert-OH is 1. The number of aromatic nitrogens is 2. The minimum atomic E-state index is -1.06. The number of hydrogen-bond acceptors (Lipinski definition) is 5. The molecule has 1 atom stereocenters. The second-order valence-corrected chi connectivity index (χ2v) is 5.87. The molecule has 0 aliphatic rings. The van der Waals surface area contributed by atoms with E-state index in [2.05, 4.69) is 0 Å². The fourth-order valence-electron chi connectivity index (χ4n) is 2.27. The van der Waals surface area contributed by atoms with Gasteiger partial charge >= 0.3 is 5.69 Å². The molecule has 0 saturated carbocycles. The van der Waals surface area contributed by atoms with Crippen molar-refractivity contribution in [3.63, 3.8) is 0 Å². The molecule has 0 spiro atoms. The lowest BCUT2D eigenvalue weighted by Crippen LogP contribution is -2.43. The molecule has 0 aliphatic heterocycles. The largest absolute Gasteiger partial charge is 0.389 e. The van der Waals surface area contributed by atoms with Crippen molar-refractivity contribution in [3.05, 3.63) is 67.4 Å². The normalized spacial score (nSPS) is 11.9. The van der Waals surface area contributed by atoms with Gasteiger partial charge in [0.25, 0.3) is 5.56 Å². The standard InChI is InChI=1S/C17H18ClN3O4/c1-2-20-8-13(7-19)16(23)21(17(20)24)9-15(22)11-25-10-12-3-5-14(18)6-4-12/h3-6,8,15,22H,2,9-11H2,1H3/t15-/m0/s1. The van der Waals surface area contributed by atoms with Gasteiger partial charge in [0.1, 0.15) is 11.6 Å². The molecule has 0 radical (unpaired) electrons. The Balaban J connectivity index is 2.04. The lowest BCUT2D eigenvalue weighted by Gasteiger charge is -2.14. The van der Waals surface area contributed by atoms with E-state index in [1.807, 2.05) is 0 Å². The summed E-state index contributed by atoms with van der Waals surface area (Å²) in [4.78, 5) is 24.3. The second kappa shape index (κ2) is 8.62. The van der Waals surface area contributed by atoms with Gasteiger partial charge in [-0.05, 0) is 24.6 Å². The zero-order chi connectivity index (χ0) is 18.4. The van der Waals surface area contributed by atoms with Crippen molar-refractivity contribution in [2.24, 2.45) is 0 Å². The number of nitriles is 1. The molecule has 0 amide bonds. The van der Waals surface area contributed by atoms with Gasteiger partial charge in [-0.25, -0.2) is 4.79 Å². The maximum atomic E-state index is 12.2. The molecule has 8 heteroatoms. The number of hydrogen-bond donors (Lipinski definition) is 1. The van der Waals surface area contributed by atoms with Crippen LogP contribution in [-0.2, 0) is 24.4 Å². The summed E-state index contributed by atoms with van der Waals surface area (Å²) in [5.41, 5.74) is -0.540. The van der Waals surface area contributed by atoms with E-state index in [-0.39, 0.29) is 25.3 Å². The zero-order valence-corrected chi connectivity index (χ0v) is 14.4. The Labute approximate surface area is 149 Å². The smallest absolute Gasteiger partial charge is 0.331 e. The molecule has 1 aromatic heterocycles. The lowest BCUT2D eigenvalue weighted by atomic mass is 10.2. The lowest BCUT2D eigenvalue weighted by molar-refractivity contribution is 0.0191. The highest BCUT2D eigenvalue weighted by molar-refractivity contribution is 6.30.